The molecule has 10 nitrogen and oxygen atoms in total. The summed E-state index contributed by atoms with van der Waals surface area (Å²) < 4.78 is 0. The number of carbonyl (C=O) groups excluding carboxylic acids is 1. The number of pyridine rings is 1. The van der Waals surface area contributed by atoms with Crippen LogP contribution in [0.5, 0.6) is 0 Å². The van der Waals surface area contributed by atoms with Crippen LogP contribution in [0.1, 0.15) is 39.4 Å². The number of anilines is 1. The zero-order valence-electron chi connectivity index (χ0n) is 17.0. The predicted molar refractivity (Wildman–Crippen MR) is 115 cm³/mol. The Hall–Kier alpha value is -3.56. The van der Waals surface area contributed by atoms with Crippen molar-refractivity contribution in [3.05, 3.63) is 24.2 Å². The topological polar surface area (TPSA) is 144 Å². The number of amides is 2. The van der Waals surface area contributed by atoms with Gasteiger partial charge in [-0.25, -0.2) is 24.7 Å². The van der Waals surface area contributed by atoms with Gasteiger partial charge in [-0.05, 0) is 53.0 Å². The molecule has 0 atom stereocenters. The van der Waals surface area contributed by atoms with Gasteiger partial charge in [-0.15, -0.1) is 0 Å². The summed E-state index contributed by atoms with van der Waals surface area (Å²) in [6.45, 7) is 10.8. The number of rotatable bonds is 6. The fraction of sp³-hybridized carbons (Fsp3) is 0.368. The summed E-state index contributed by atoms with van der Waals surface area (Å²) in [4.78, 5) is 40.9. The number of nitrogen functional groups attached to an aromatic ring is 1. The Morgan fingerprint density at radius 1 is 1.28 bits per heavy atom. The number of hydrogen-bond acceptors (Lipinski definition) is 7. The number of nitrogens with zero attached hydrogens (tertiary/aromatic N) is 7. The average Bonchev–Trinajstić information content (AvgIpc) is 2.64. The lowest BCUT2D eigenvalue weighted by Gasteiger charge is -2.07. The van der Waals surface area contributed by atoms with Crippen LogP contribution in [0.15, 0.2) is 33.3 Å². The number of nitrogens with two attached hydrogens (primary N) is 1. The highest BCUT2D eigenvalue weighted by Crippen LogP contribution is 2.26. The van der Waals surface area contributed by atoms with Crippen molar-refractivity contribution < 1.29 is 4.79 Å². The zero-order chi connectivity index (χ0) is 21.4. The number of aromatic nitrogens is 4. The Morgan fingerprint density at radius 3 is 2.69 bits per heavy atom. The Morgan fingerprint density at radius 2 is 2.03 bits per heavy atom. The quantitative estimate of drug-likeness (QED) is 0.568. The third kappa shape index (κ3) is 6.83. The van der Waals surface area contributed by atoms with Crippen molar-refractivity contribution in [3.8, 4) is 11.4 Å². The van der Waals surface area contributed by atoms with Gasteiger partial charge in [0.05, 0.1) is 5.56 Å². The van der Waals surface area contributed by atoms with Crippen molar-refractivity contribution >= 4 is 36.1 Å². The van der Waals surface area contributed by atoms with Gasteiger partial charge in [0.1, 0.15) is 11.7 Å². The largest absolute Gasteiger partial charge is 0.368 e. The molecular formula is C19H25N9O. The smallest absolute Gasteiger partial charge is 0.342 e. The Labute approximate surface area is 169 Å². The molecule has 0 saturated heterocycles. The number of carbonyl (C=O) groups is 1. The molecule has 0 saturated carbocycles. The van der Waals surface area contributed by atoms with E-state index >= 15 is 0 Å². The summed E-state index contributed by atoms with van der Waals surface area (Å²) >= 11 is 0. The van der Waals surface area contributed by atoms with E-state index in [0.717, 1.165) is 5.71 Å². The van der Waals surface area contributed by atoms with Crippen molar-refractivity contribution in [2.24, 2.45) is 15.0 Å². The first-order chi connectivity index (χ1) is 13.8. The van der Waals surface area contributed by atoms with E-state index in [9.17, 15) is 4.79 Å². The van der Waals surface area contributed by atoms with Gasteiger partial charge in [0.2, 0.25) is 5.95 Å². The van der Waals surface area contributed by atoms with Gasteiger partial charge in [0.25, 0.3) is 0 Å². The molecule has 0 aliphatic heterocycles. The number of aryl methyl sites for hydroxylation is 1. The van der Waals surface area contributed by atoms with Crippen LogP contribution in [0.25, 0.3) is 11.4 Å². The second-order valence-electron chi connectivity index (χ2n) is 6.58. The molecule has 0 aromatic carbocycles. The minimum atomic E-state index is -0.438. The standard InChI is InChI=1S/C19H25N9O/c1-11(2)23-19(29)27-15(21-5)9-8-12(3)24-16-14(7-6-10-22-16)17-25-13(4)26-18(20)28-17/h6-7,10-11H,5,8-9H2,1-4H3,(H,23,29)(H2,20,25,26,28). The van der Waals surface area contributed by atoms with E-state index in [2.05, 4.69) is 46.9 Å². The number of aliphatic imine (C=N–C) groups is 3. The summed E-state index contributed by atoms with van der Waals surface area (Å²) in [5, 5.41) is 2.69. The molecular weight excluding hydrogens is 370 g/mol. The average molecular weight is 395 g/mol. The second kappa shape index (κ2) is 10.1. The van der Waals surface area contributed by atoms with E-state index in [1.807, 2.05) is 26.8 Å². The Kier molecular flexibility index (Phi) is 7.58. The summed E-state index contributed by atoms with van der Waals surface area (Å²) in [6.07, 6.45) is 2.59. The van der Waals surface area contributed by atoms with Crippen LogP contribution >= 0.6 is 0 Å². The lowest BCUT2D eigenvalue weighted by atomic mass is 10.2. The molecule has 2 amide bonds. The van der Waals surface area contributed by atoms with Crippen molar-refractivity contribution in [1.29, 1.82) is 0 Å². The van der Waals surface area contributed by atoms with E-state index in [1.54, 1.807) is 19.2 Å². The highest BCUT2D eigenvalue weighted by Gasteiger charge is 2.11. The number of amidine groups is 1. The van der Waals surface area contributed by atoms with Crippen LogP contribution in [0.4, 0.5) is 16.6 Å². The number of nitrogens with one attached hydrogen (secondary N) is 1. The van der Waals surface area contributed by atoms with E-state index < -0.39 is 6.03 Å². The molecule has 0 bridgehead atoms. The molecule has 0 spiro atoms. The third-order valence-electron chi connectivity index (χ3n) is 3.62. The molecule has 2 rings (SSSR count). The van der Waals surface area contributed by atoms with Gasteiger partial charge in [-0.3, -0.25) is 0 Å². The summed E-state index contributed by atoms with van der Waals surface area (Å²) in [5.41, 5.74) is 7.16. The molecule has 29 heavy (non-hydrogen) atoms. The number of urea groups is 1. The molecule has 2 aromatic heterocycles. The van der Waals surface area contributed by atoms with Crippen LogP contribution < -0.4 is 11.1 Å². The molecule has 0 aliphatic carbocycles. The zero-order valence-corrected chi connectivity index (χ0v) is 17.0. The van der Waals surface area contributed by atoms with Gasteiger partial charge < -0.3 is 11.1 Å². The van der Waals surface area contributed by atoms with Crippen LogP contribution in [-0.2, 0) is 0 Å². The lowest BCUT2D eigenvalue weighted by molar-refractivity contribution is 0.247. The summed E-state index contributed by atoms with van der Waals surface area (Å²) in [5.74, 6) is 1.88. The van der Waals surface area contributed by atoms with Gasteiger partial charge in [-0.1, -0.05) is 0 Å². The van der Waals surface area contributed by atoms with Crippen molar-refractivity contribution in [1.82, 2.24) is 25.3 Å². The normalized spacial score (nSPS) is 12.2. The van der Waals surface area contributed by atoms with Crippen molar-refractivity contribution in [2.75, 3.05) is 5.73 Å². The van der Waals surface area contributed by atoms with Crippen LogP contribution in [0.2, 0.25) is 0 Å². The maximum Gasteiger partial charge on any atom is 0.342 e. The second-order valence-corrected chi connectivity index (χ2v) is 6.58. The predicted octanol–water partition coefficient (Wildman–Crippen LogP) is 2.91. The van der Waals surface area contributed by atoms with Gasteiger partial charge in [-0.2, -0.15) is 15.0 Å². The molecule has 0 unspecified atom stereocenters. The monoisotopic (exact) mass is 395 g/mol. The molecule has 0 radical (unpaired) electrons. The van der Waals surface area contributed by atoms with Crippen LogP contribution in [-0.4, -0.2) is 50.3 Å². The third-order valence-corrected chi connectivity index (χ3v) is 3.62. The van der Waals surface area contributed by atoms with Gasteiger partial charge in [0.15, 0.2) is 11.6 Å². The molecule has 0 fully saturated rings. The fourth-order valence-electron chi connectivity index (χ4n) is 2.38. The van der Waals surface area contributed by atoms with Crippen LogP contribution in [0, 0.1) is 6.92 Å². The fourth-order valence-corrected chi connectivity index (χ4v) is 2.38. The lowest BCUT2D eigenvalue weighted by Crippen LogP contribution is -2.28. The molecule has 10 heteroatoms. The molecule has 2 aromatic rings. The minimum absolute atomic E-state index is 0.00345. The van der Waals surface area contributed by atoms with Crippen LogP contribution in [0.3, 0.4) is 0 Å². The first-order valence-corrected chi connectivity index (χ1v) is 9.11. The molecule has 152 valence electrons. The van der Waals surface area contributed by atoms with Gasteiger partial charge >= 0.3 is 6.03 Å². The highest BCUT2D eigenvalue weighted by molar-refractivity contribution is 5.98. The molecule has 3 N–H and O–H groups in total. The maximum atomic E-state index is 11.8. The van der Waals surface area contributed by atoms with E-state index in [-0.39, 0.29) is 12.0 Å². The highest BCUT2D eigenvalue weighted by atomic mass is 16.2. The number of hydrogen-bond donors (Lipinski definition) is 2. The van der Waals surface area contributed by atoms with E-state index in [4.69, 9.17) is 5.73 Å². The summed E-state index contributed by atoms with van der Waals surface area (Å²) in [7, 11) is 0. The van der Waals surface area contributed by atoms with Crippen molar-refractivity contribution in [3.63, 3.8) is 0 Å². The molecule has 0 aliphatic rings. The maximum absolute atomic E-state index is 11.8. The Balaban J connectivity index is 2.19. The van der Waals surface area contributed by atoms with Crippen molar-refractivity contribution in [2.45, 2.75) is 46.6 Å². The minimum Gasteiger partial charge on any atom is -0.368 e. The summed E-state index contributed by atoms with van der Waals surface area (Å²) in [6, 6.07) is 3.16. The van der Waals surface area contributed by atoms with Gasteiger partial charge in [0, 0.05) is 24.4 Å². The Bertz CT molecular complexity index is 930. The van der Waals surface area contributed by atoms with E-state index in [1.165, 1.54) is 0 Å². The van der Waals surface area contributed by atoms with E-state index in [0.29, 0.717) is 41.7 Å². The molecule has 2 heterocycles. The SMILES string of the molecule is C=NC(CCC(C)=Nc1ncccc1-c1nc(C)nc(N)n1)=NC(=O)NC(C)C. The first-order valence-electron chi connectivity index (χ1n) is 9.11. The first kappa shape index (κ1) is 21.7.